The highest BCUT2D eigenvalue weighted by Gasteiger charge is 2.35. The number of carbonyl (C=O) groups is 2. The van der Waals surface area contributed by atoms with Crippen LogP contribution in [0.4, 0.5) is 0 Å². The van der Waals surface area contributed by atoms with Crippen molar-refractivity contribution in [2.45, 2.75) is 57.8 Å². The SMILES string of the molecule is CO[C@@H]1CN(Cc2ccc(C)c(C)c2)C[C@H]1NC(=O)[C@H]1CCCC(=O)N1. The Morgan fingerprint density at radius 1 is 1.31 bits per heavy atom. The highest BCUT2D eigenvalue weighted by molar-refractivity contribution is 5.88. The molecule has 0 bridgehead atoms. The van der Waals surface area contributed by atoms with Crippen molar-refractivity contribution in [2.75, 3.05) is 20.2 Å². The summed E-state index contributed by atoms with van der Waals surface area (Å²) in [6.45, 7) is 6.62. The molecule has 2 fully saturated rings. The zero-order valence-corrected chi connectivity index (χ0v) is 15.9. The Balaban J connectivity index is 1.58. The zero-order chi connectivity index (χ0) is 18.7. The molecule has 142 valence electrons. The van der Waals surface area contributed by atoms with Crippen LogP contribution >= 0.6 is 0 Å². The minimum absolute atomic E-state index is 0.0372. The van der Waals surface area contributed by atoms with Gasteiger partial charge in [0.2, 0.25) is 11.8 Å². The van der Waals surface area contributed by atoms with Crippen molar-refractivity contribution in [3.05, 3.63) is 34.9 Å². The fourth-order valence-corrected chi connectivity index (χ4v) is 3.80. The van der Waals surface area contributed by atoms with Crippen LogP contribution in [-0.2, 0) is 20.9 Å². The van der Waals surface area contributed by atoms with Crippen LogP contribution in [0.5, 0.6) is 0 Å². The maximum atomic E-state index is 12.5. The van der Waals surface area contributed by atoms with Gasteiger partial charge in [-0.1, -0.05) is 18.2 Å². The van der Waals surface area contributed by atoms with Gasteiger partial charge in [0.25, 0.3) is 0 Å². The molecule has 0 unspecified atom stereocenters. The van der Waals surface area contributed by atoms with E-state index in [1.807, 2.05) is 0 Å². The molecule has 2 amide bonds. The van der Waals surface area contributed by atoms with Gasteiger partial charge in [-0.05, 0) is 43.4 Å². The molecular weight excluding hydrogens is 330 g/mol. The van der Waals surface area contributed by atoms with Crippen molar-refractivity contribution >= 4 is 11.8 Å². The Hall–Kier alpha value is -1.92. The number of methoxy groups -OCH3 is 1. The molecule has 0 radical (unpaired) electrons. The highest BCUT2D eigenvalue weighted by Crippen LogP contribution is 2.19. The maximum absolute atomic E-state index is 12.5. The van der Waals surface area contributed by atoms with Gasteiger partial charge >= 0.3 is 0 Å². The Morgan fingerprint density at radius 2 is 2.12 bits per heavy atom. The zero-order valence-electron chi connectivity index (χ0n) is 15.9. The summed E-state index contributed by atoms with van der Waals surface area (Å²) in [5, 5.41) is 5.87. The summed E-state index contributed by atoms with van der Waals surface area (Å²) in [5.74, 6) is -0.138. The van der Waals surface area contributed by atoms with Crippen LogP contribution in [0.15, 0.2) is 18.2 Å². The number of ether oxygens (including phenoxy) is 1. The van der Waals surface area contributed by atoms with E-state index in [9.17, 15) is 9.59 Å². The molecule has 2 aliphatic rings. The van der Waals surface area contributed by atoms with Crippen molar-refractivity contribution in [1.29, 1.82) is 0 Å². The second-order valence-electron chi connectivity index (χ2n) is 7.51. The van der Waals surface area contributed by atoms with E-state index in [0.29, 0.717) is 12.8 Å². The summed E-state index contributed by atoms with van der Waals surface area (Å²) < 4.78 is 5.60. The fourth-order valence-electron chi connectivity index (χ4n) is 3.80. The molecule has 2 saturated heterocycles. The number of rotatable bonds is 5. The van der Waals surface area contributed by atoms with Crippen LogP contribution in [-0.4, -0.2) is 55.1 Å². The monoisotopic (exact) mass is 359 g/mol. The first-order valence-corrected chi connectivity index (χ1v) is 9.37. The minimum atomic E-state index is -0.414. The quantitative estimate of drug-likeness (QED) is 0.831. The first kappa shape index (κ1) is 18.9. The average Bonchev–Trinajstić information content (AvgIpc) is 2.99. The van der Waals surface area contributed by atoms with Crippen LogP contribution < -0.4 is 10.6 Å². The number of likely N-dealkylation sites (tertiary alicyclic amines) is 1. The molecule has 0 spiro atoms. The number of nitrogens with one attached hydrogen (secondary N) is 2. The van der Waals surface area contributed by atoms with Gasteiger partial charge in [-0.25, -0.2) is 0 Å². The number of amides is 2. The number of carbonyl (C=O) groups excluding carboxylic acids is 2. The third-order valence-electron chi connectivity index (χ3n) is 5.50. The van der Waals surface area contributed by atoms with Gasteiger partial charge < -0.3 is 15.4 Å². The smallest absolute Gasteiger partial charge is 0.242 e. The molecule has 2 heterocycles. The van der Waals surface area contributed by atoms with E-state index in [0.717, 1.165) is 26.1 Å². The van der Waals surface area contributed by atoms with Gasteiger partial charge in [-0.3, -0.25) is 14.5 Å². The molecule has 1 aromatic rings. The molecule has 1 aromatic carbocycles. The van der Waals surface area contributed by atoms with Crippen molar-refractivity contribution in [3.63, 3.8) is 0 Å². The molecular formula is C20H29N3O3. The first-order valence-electron chi connectivity index (χ1n) is 9.37. The van der Waals surface area contributed by atoms with E-state index >= 15 is 0 Å². The van der Waals surface area contributed by atoms with Gasteiger partial charge in [0.05, 0.1) is 12.1 Å². The highest BCUT2D eigenvalue weighted by atomic mass is 16.5. The number of hydrogen-bond donors (Lipinski definition) is 2. The second kappa shape index (κ2) is 8.18. The Kier molecular flexibility index (Phi) is 5.94. The predicted octanol–water partition coefficient (Wildman–Crippen LogP) is 1.29. The summed E-state index contributed by atoms with van der Waals surface area (Å²) in [4.78, 5) is 26.3. The van der Waals surface area contributed by atoms with Crippen molar-refractivity contribution in [1.82, 2.24) is 15.5 Å². The molecule has 0 aromatic heterocycles. The first-order chi connectivity index (χ1) is 12.5. The molecule has 3 rings (SSSR count). The van der Waals surface area contributed by atoms with Gasteiger partial charge in [0.15, 0.2) is 0 Å². The Morgan fingerprint density at radius 3 is 2.81 bits per heavy atom. The van der Waals surface area contributed by atoms with Gasteiger partial charge in [-0.2, -0.15) is 0 Å². The predicted molar refractivity (Wildman–Crippen MR) is 99.7 cm³/mol. The summed E-state index contributed by atoms with van der Waals surface area (Å²) in [7, 11) is 1.69. The summed E-state index contributed by atoms with van der Waals surface area (Å²) in [6.07, 6.45) is 1.94. The van der Waals surface area contributed by atoms with E-state index in [4.69, 9.17) is 4.74 Å². The standard InChI is InChI=1S/C20H29N3O3/c1-13-7-8-15(9-14(13)2)10-23-11-17(18(12-23)26-3)22-20(25)16-5-4-6-19(24)21-16/h7-9,16-18H,4-6,10-12H2,1-3H3,(H,21,24)(H,22,25)/t16-,17-,18-/m1/s1. The third kappa shape index (κ3) is 4.43. The molecule has 0 saturated carbocycles. The van der Waals surface area contributed by atoms with E-state index in [2.05, 4.69) is 47.6 Å². The number of piperidine rings is 1. The lowest BCUT2D eigenvalue weighted by atomic mass is 10.0. The van der Waals surface area contributed by atoms with Gasteiger partial charge in [0, 0.05) is 33.2 Å². The third-order valence-corrected chi connectivity index (χ3v) is 5.50. The van der Waals surface area contributed by atoms with Crippen molar-refractivity contribution < 1.29 is 14.3 Å². The minimum Gasteiger partial charge on any atom is -0.378 e. The largest absolute Gasteiger partial charge is 0.378 e. The van der Waals surface area contributed by atoms with Crippen LogP contribution in [0.25, 0.3) is 0 Å². The van der Waals surface area contributed by atoms with Gasteiger partial charge in [-0.15, -0.1) is 0 Å². The summed E-state index contributed by atoms with van der Waals surface area (Å²) >= 11 is 0. The van der Waals surface area contributed by atoms with E-state index in [1.165, 1.54) is 16.7 Å². The normalized spacial score (nSPS) is 26.6. The van der Waals surface area contributed by atoms with E-state index in [-0.39, 0.29) is 24.0 Å². The van der Waals surface area contributed by atoms with E-state index in [1.54, 1.807) is 7.11 Å². The Labute approximate surface area is 155 Å². The van der Waals surface area contributed by atoms with E-state index < -0.39 is 6.04 Å². The van der Waals surface area contributed by atoms with Gasteiger partial charge in [0.1, 0.15) is 6.04 Å². The molecule has 6 heteroatoms. The Bertz CT molecular complexity index is 676. The number of aryl methyl sites for hydroxylation is 2. The van der Waals surface area contributed by atoms with Crippen molar-refractivity contribution in [3.8, 4) is 0 Å². The molecule has 2 aliphatic heterocycles. The molecule has 3 atom stereocenters. The van der Waals surface area contributed by atoms with Crippen LogP contribution in [0.2, 0.25) is 0 Å². The lowest BCUT2D eigenvalue weighted by Gasteiger charge is -2.25. The molecule has 6 nitrogen and oxygen atoms in total. The summed E-state index contributed by atoms with van der Waals surface area (Å²) in [5.41, 5.74) is 3.86. The summed E-state index contributed by atoms with van der Waals surface area (Å²) in [6, 6.07) is 6.06. The maximum Gasteiger partial charge on any atom is 0.242 e. The topological polar surface area (TPSA) is 70.7 Å². The number of benzene rings is 1. The van der Waals surface area contributed by atoms with Crippen LogP contribution in [0.3, 0.4) is 0 Å². The average molecular weight is 359 g/mol. The molecule has 26 heavy (non-hydrogen) atoms. The lowest BCUT2D eigenvalue weighted by Crippen LogP contribution is -2.54. The molecule has 2 N–H and O–H groups in total. The second-order valence-corrected chi connectivity index (χ2v) is 7.51. The lowest BCUT2D eigenvalue weighted by molar-refractivity contribution is -0.131. The van der Waals surface area contributed by atoms with Crippen LogP contribution in [0.1, 0.15) is 36.0 Å². The molecule has 0 aliphatic carbocycles. The van der Waals surface area contributed by atoms with Crippen molar-refractivity contribution in [2.24, 2.45) is 0 Å². The fraction of sp³-hybridized carbons (Fsp3) is 0.600. The number of nitrogens with zero attached hydrogens (tertiary/aromatic N) is 1. The number of hydrogen-bond acceptors (Lipinski definition) is 4. The van der Waals surface area contributed by atoms with Crippen LogP contribution in [0, 0.1) is 13.8 Å².